The van der Waals surface area contributed by atoms with Gasteiger partial charge in [0.2, 0.25) is 0 Å². The summed E-state index contributed by atoms with van der Waals surface area (Å²) in [4.78, 5) is 14.6. The Bertz CT molecular complexity index is 307. The van der Waals surface area contributed by atoms with Crippen molar-refractivity contribution in [3.05, 3.63) is 18.0 Å². The second-order valence-electron chi connectivity index (χ2n) is 4.03. The number of nitrogens with one attached hydrogen (secondary N) is 1. The van der Waals surface area contributed by atoms with Gasteiger partial charge in [0, 0.05) is 17.7 Å². The highest BCUT2D eigenvalue weighted by molar-refractivity contribution is 5.98. The van der Waals surface area contributed by atoms with E-state index in [4.69, 9.17) is 4.74 Å². The Morgan fingerprint density at radius 1 is 1.46 bits per heavy atom. The average molecular weight is 181 g/mol. The molecule has 0 unspecified atom stereocenters. The van der Waals surface area contributed by atoms with Gasteiger partial charge in [0.25, 0.3) is 0 Å². The number of ether oxygens (including phenoxy) is 1. The van der Waals surface area contributed by atoms with Gasteiger partial charge in [0.05, 0.1) is 12.8 Å². The van der Waals surface area contributed by atoms with Crippen molar-refractivity contribution >= 4 is 5.78 Å². The van der Waals surface area contributed by atoms with Gasteiger partial charge in [-0.15, -0.1) is 0 Å². The molecule has 1 aromatic rings. The maximum atomic E-state index is 11.7. The predicted molar refractivity (Wildman–Crippen MR) is 51.1 cm³/mol. The molecule has 0 aliphatic heterocycles. The summed E-state index contributed by atoms with van der Waals surface area (Å²) in [5.74, 6) is 0.781. The normalized spacial score (nSPS) is 11.4. The maximum Gasteiger partial charge on any atom is 0.184 e. The lowest BCUT2D eigenvalue weighted by molar-refractivity contribution is 0.0853. The lowest BCUT2D eigenvalue weighted by atomic mass is 9.89. The Labute approximate surface area is 78.1 Å². The first-order valence-electron chi connectivity index (χ1n) is 4.22. The number of Topliss-reactive ketones (excluding diaryl/α,β-unsaturated/α-hetero) is 1. The Morgan fingerprint density at radius 2 is 2.08 bits per heavy atom. The summed E-state index contributed by atoms with van der Waals surface area (Å²) >= 11 is 0. The number of methoxy groups -OCH3 is 1. The van der Waals surface area contributed by atoms with E-state index < -0.39 is 0 Å². The Balaban J connectivity index is 2.90. The van der Waals surface area contributed by atoms with Crippen LogP contribution in [0.5, 0.6) is 5.75 Å². The number of H-pyrrole nitrogens is 1. The number of rotatable bonds is 2. The Kier molecular flexibility index (Phi) is 2.45. The Morgan fingerprint density at radius 3 is 2.46 bits per heavy atom. The van der Waals surface area contributed by atoms with Crippen LogP contribution >= 0.6 is 0 Å². The molecule has 3 heteroatoms. The largest absolute Gasteiger partial charge is 0.495 e. The molecule has 0 saturated heterocycles. The van der Waals surface area contributed by atoms with Gasteiger partial charge >= 0.3 is 0 Å². The number of aromatic nitrogens is 1. The molecule has 0 bridgehead atoms. The van der Waals surface area contributed by atoms with Crippen molar-refractivity contribution in [2.75, 3.05) is 7.11 Å². The molecule has 1 N–H and O–H groups in total. The van der Waals surface area contributed by atoms with E-state index in [1.807, 2.05) is 20.8 Å². The molecule has 0 aliphatic rings. The van der Waals surface area contributed by atoms with Crippen LogP contribution in [0.15, 0.2) is 12.3 Å². The third kappa shape index (κ3) is 2.11. The molecule has 0 fully saturated rings. The van der Waals surface area contributed by atoms with E-state index in [9.17, 15) is 4.79 Å². The zero-order valence-corrected chi connectivity index (χ0v) is 8.47. The van der Waals surface area contributed by atoms with Crippen LogP contribution in [0.1, 0.15) is 31.3 Å². The monoisotopic (exact) mass is 181 g/mol. The molecule has 0 aromatic carbocycles. The quantitative estimate of drug-likeness (QED) is 0.711. The minimum Gasteiger partial charge on any atom is -0.495 e. The van der Waals surface area contributed by atoms with Gasteiger partial charge in [0.15, 0.2) is 5.78 Å². The molecule has 0 atom stereocenters. The van der Waals surface area contributed by atoms with E-state index in [0.717, 1.165) is 0 Å². The summed E-state index contributed by atoms with van der Waals surface area (Å²) in [6.07, 6.45) is 1.68. The highest BCUT2D eigenvalue weighted by Crippen LogP contribution is 2.22. The number of ketones is 1. The van der Waals surface area contributed by atoms with E-state index in [1.54, 1.807) is 19.4 Å². The summed E-state index contributed by atoms with van der Waals surface area (Å²) < 4.78 is 4.97. The first kappa shape index (κ1) is 9.84. The second-order valence-corrected chi connectivity index (χ2v) is 4.03. The van der Waals surface area contributed by atoms with Crippen LogP contribution in [0.3, 0.4) is 0 Å². The van der Waals surface area contributed by atoms with Crippen molar-refractivity contribution < 1.29 is 9.53 Å². The molecule has 1 aromatic heterocycles. The molecule has 13 heavy (non-hydrogen) atoms. The number of aromatic amines is 1. The lowest BCUT2D eigenvalue weighted by Crippen LogP contribution is -2.20. The standard InChI is InChI=1S/C10H15NO2/c1-10(2,3)9(12)8-5-7(13-4)6-11-8/h5-6,11H,1-4H3. The molecule has 0 radical (unpaired) electrons. The fourth-order valence-electron chi connectivity index (χ4n) is 1.03. The van der Waals surface area contributed by atoms with E-state index in [2.05, 4.69) is 4.98 Å². The van der Waals surface area contributed by atoms with Gasteiger partial charge in [-0.25, -0.2) is 0 Å². The van der Waals surface area contributed by atoms with Crippen molar-refractivity contribution in [3.63, 3.8) is 0 Å². The van der Waals surface area contributed by atoms with Crippen LogP contribution < -0.4 is 4.74 Å². The molecule has 1 rings (SSSR count). The fourth-order valence-corrected chi connectivity index (χ4v) is 1.03. The maximum absolute atomic E-state index is 11.7. The zero-order valence-electron chi connectivity index (χ0n) is 8.47. The predicted octanol–water partition coefficient (Wildman–Crippen LogP) is 2.25. The van der Waals surface area contributed by atoms with Gasteiger partial charge in [-0.2, -0.15) is 0 Å². The first-order valence-corrected chi connectivity index (χ1v) is 4.22. The van der Waals surface area contributed by atoms with Crippen molar-refractivity contribution in [2.45, 2.75) is 20.8 Å². The highest BCUT2D eigenvalue weighted by Gasteiger charge is 2.24. The van der Waals surface area contributed by atoms with Gasteiger partial charge in [0.1, 0.15) is 5.75 Å². The molecule has 0 spiro atoms. The minimum absolute atomic E-state index is 0.0933. The van der Waals surface area contributed by atoms with Crippen LogP contribution in [-0.2, 0) is 0 Å². The minimum atomic E-state index is -0.351. The van der Waals surface area contributed by atoms with Crippen LogP contribution in [0.25, 0.3) is 0 Å². The van der Waals surface area contributed by atoms with Crippen LogP contribution in [0.4, 0.5) is 0 Å². The average Bonchev–Trinajstić information content (AvgIpc) is 2.48. The third-order valence-corrected chi connectivity index (χ3v) is 1.82. The highest BCUT2D eigenvalue weighted by atomic mass is 16.5. The second kappa shape index (κ2) is 3.24. The topological polar surface area (TPSA) is 42.1 Å². The summed E-state index contributed by atoms with van der Waals surface area (Å²) in [6, 6.07) is 1.72. The molecule has 0 aliphatic carbocycles. The van der Waals surface area contributed by atoms with E-state index in [1.165, 1.54) is 0 Å². The smallest absolute Gasteiger partial charge is 0.184 e. The number of hydrogen-bond donors (Lipinski definition) is 1. The molecule has 1 heterocycles. The van der Waals surface area contributed by atoms with Gasteiger partial charge in [-0.3, -0.25) is 4.79 Å². The van der Waals surface area contributed by atoms with Crippen LogP contribution in [0, 0.1) is 5.41 Å². The fraction of sp³-hybridized carbons (Fsp3) is 0.500. The number of hydrogen-bond acceptors (Lipinski definition) is 2. The summed E-state index contributed by atoms with van der Waals surface area (Å²) in [5, 5.41) is 0. The molecule has 0 saturated carbocycles. The lowest BCUT2D eigenvalue weighted by Gasteiger charge is -2.14. The number of carbonyl (C=O) groups is 1. The molecular formula is C10H15NO2. The van der Waals surface area contributed by atoms with Crippen molar-refractivity contribution in [3.8, 4) is 5.75 Å². The van der Waals surface area contributed by atoms with Gasteiger partial charge < -0.3 is 9.72 Å². The summed E-state index contributed by atoms with van der Waals surface area (Å²) in [7, 11) is 1.58. The molecule has 72 valence electrons. The van der Waals surface area contributed by atoms with Crippen molar-refractivity contribution in [1.82, 2.24) is 4.98 Å². The van der Waals surface area contributed by atoms with E-state index in [0.29, 0.717) is 11.4 Å². The van der Waals surface area contributed by atoms with Crippen LogP contribution in [0.2, 0.25) is 0 Å². The zero-order chi connectivity index (χ0) is 10.1. The first-order chi connectivity index (χ1) is 5.95. The summed E-state index contributed by atoms with van der Waals surface area (Å²) in [5.41, 5.74) is 0.250. The SMILES string of the molecule is COc1c[nH]c(C(=O)C(C)(C)C)c1. The Hall–Kier alpha value is -1.25. The summed E-state index contributed by atoms with van der Waals surface area (Å²) in [6.45, 7) is 5.67. The molecule has 3 nitrogen and oxygen atoms in total. The van der Waals surface area contributed by atoms with Crippen molar-refractivity contribution in [2.24, 2.45) is 5.41 Å². The molecular weight excluding hydrogens is 166 g/mol. The van der Waals surface area contributed by atoms with Crippen LogP contribution in [-0.4, -0.2) is 17.9 Å². The van der Waals surface area contributed by atoms with Crippen molar-refractivity contribution in [1.29, 1.82) is 0 Å². The number of carbonyl (C=O) groups excluding carboxylic acids is 1. The third-order valence-electron chi connectivity index (χ3n) is 1.82. The van der Waals surface area contributed by atoms with E-state index in [-0.39, 0.29) is 11.2 Å². The van der Waals surface area contributed by atoms with Gasteiger partial charge in [-0.1, -0.05) is 20.8 Å². The van der Waals surface area contributed by atoms with Gasteiger partial charge in [-0.05, 0) is 0 Å². The molecule has 0 amide bonds. The van der Waals surface area contributed by atoms with E-state index >= 15 is 0 Å².